The fourth-order valence-electron chi connectivity index (χ4n) is 2.95. The molecule has 2 aromatic rings. The summed E-state index contributed by atoms with van der Waals surface area (Å²) in [5.41, 5.74) is 0.917. The molecule has 0 saturated carbocycles. The minimum Gasteiger partial charge on any atom is -0.378 e. The molecule has 26 heavy (non-hydrogen) atoms. The summed E-state index contributed by atoms with van der Waals surface area (Å²) in [7, 11) is 1.58. The van der Waals surface area contributed by atoms with Gasteiger partial charge in [-0.3, -0.25) is 9.48 Å². The smallest absolute Gasteiger partial charge is 0.252 e. The quantitative estimate of drug-likeness (QED) is 0.689. The molecule has 142 valence electrons. The van der Waals surface area contributed by atoms with Gasteiger partial charge in [-0.15, -0.1) is 0 Å². The Morgan fingerprint density at radius 3 is 2.88 bits per heavy atom. The van der Waals surface area contributed by atoms with Crippen molar-refractivity contribution in [3.05, 3.63) is 29.7 Å². The number of piperidine rings is 1. The molecule has 0 N–H and O–H groups in total. The number of ether oxygens (including phenoxy) is 2. The summed E-state index contributed by atoms with van der Waals surface area (Å²) in [6, 6.07) is 1.90. The monoisotopic (exact) mass is 363 g/mol. The molecule has 0 unspecified atom stereocenters. The van der Waals surface area contributed by atoms with E-state index < -0.39 is 0 Å². The van der Waals surface area contributed by atoms with Crippen LogP contribution in [0.2, 0.25) is 0 Å². The van der Waals surface area contributed by atoms with Gasteiger partial charge in [0.15, 0.2) is 5.82 Å². The van der Waals surface area contributed by atoms with Gasteiger partial charge in [0.1, 0.15) is 13.2 Å². The number of rotatable bonds is 8. The van der Waals surface area contributed by atoms with Crippen molar-refractivity contribution < 1.29 is 18.8 Å². The predicted molar refractivity (Wildman–Crippen MR) is 91.2 cm³/mol. The maximum atomic E-state index is 12.3. The van der Waals surface area contributed by atoms with Crippen molar-refractivity contribution in [2.24, 2.45) is 0 Å². The Morgan fingerprint density at radius 2 is 2.19 bits per heavy atom. The van der Waals surface area contributed by atoms with Crippen LogP contribution in [0.1, 0.15) is 30.3 Å². The molecule has 1 aliphatic rings. The Labute approximate surface area is 152 Å². The number of nitrogens with zero attached hydrogens (tertiary/aromatic N) is 5. The number of methoxy groups -OCH3 is 1. The Hall–Kier alpha value is -2.26. The normalized spacial score (nSPS) is 15.5. The number of carbonyl (C=O) groups excluding carboxylic acids is 1. The highest BCUT2D eigenvalue weighted by Gasteiger charge is 2.23. The number of hydrogen-bond acceptors (Lipinski definition) is 7. The van der Waals surface area contributed by atoms with E-state index in [0.29, 0.717) is 51.0 Å². The van der Waals surface area contributed by atoms with Crippen LogP contribution >= 0.6 is 0 Å². The van der Waals surface area contributed by atoms with Crippen LogP contribution in [0.3, 0.4) is 0 Å². The minimum absolute atomic E-state index is 0.101. The zero-order valence-corrected chi connectivity index (χ0v) is 15.3. The van der Waals surface area contributed by atoms with Crippen LogP contribution in [0.5, 0.6) is 0 Å². The highest BCUT2D eigenvalue weighted by Crippen LogP contribution is 2.15. The molecule has 0 spiro atoms. The van der Waals surface area contributed by atoms with Crippen LogP contribution in [0.25, 0.3) is 0 Å². The van der Waals surface area contributed by atoms with Crippen molar-refractivity contribution in [2.75, 3.05) is 26.8 Å². The minimum atomic E-state index is 0.101. The summed E-state index contributed by atoms with van der Waals surface area (Å²) in [5, 5.41) is 8.15. The first-order chi connectivity index (χ1) is 12.6. The second-order valence-corrected chi connectivity index (χ2v) is 6.39. The fourth-order valence-corrected chi connectivity index (χ4v) is 2.95. The summed E-state index contributed by atoms with van der Waals surface area (Å²) in [6.45, 7) is 4.49. The topological polar surface area (TPSA) is 95.5 Å². The second kappa shape index (κ2) is 8.91. The Bertz CT molecular complexity index is 706. The molecule has 0 aliphatic carbocycles. The summed E-state index contributed by atoms with van der Waals surface area (Å²) < 4.78 is 17.6. The molecule has 3 heterocycles. The highest BCUT2D eigenvalue weighted by molar-refractivity contribution is 5.76. The van der Waals surface area contributed by atoms with Gasteiger partial charge in [-0.25, -0.2) is 0 Å². The first-order valence-corrected chi connectivity index (χ1v) is 8.84. The zero-order valence-electron chi connectivity index (χ0n) is 15.3. The van der Waals surface area contributed by atoms with E-state index in [9.17, 15) is 4.79 Å². The third-order valence-electron chi connectivity index (χ3n) is 4.32. The van der Waals surface area contributed by atoms with Gasteiger partial charge < -0.3 is 18.9 Å². The van der Waals surface area contributed by atoms with Gasteiger partial charge >= 0.3 is 0 Å². The van der Waals surface area contributed by atoms with Crippen LogP contribution < -0.4 is 0 Å². The Kier molecular flexibility index (Phi) is 6.35. The van der Waals surface area contributed by atoms with Crippen molar-refractivity contribution in [2.45, 2.75) is 45.4 Å². The lowest BCUT2D eigenvalue weighted by atomic mass is 10.1. The van der Waals surface area contributed by atoms with E-state index in [1.165, 1.54) is 0 Å². The molecule has 9 nitrogen and oxygen atoms in total. The summed E-state index contributed by atoms with van der Waals surface area (Å²) in [5.74, 6) is 1.20. The van der Waals surface area contributed by atoms with Gasteiger partial charge in [0, 0.05) is 32.8 Å². The van der Waals surface area contributed by atoms with E-state index >= 15 is 0 Å². The van der Waals surface area contributed by atoms with Crippen molar-refractivity contribution in [1.82, 2.24) is 24.8 Å². The zero-order chi connectivity index (χ0) is 18.4. The number of carbonyl (C=O) groups is 1. The second-order valence-electron chi connectivity index (χ2n) is 6.39. The van der Waals surface area contributed by atoms with E-state index in [1.54, 1.807) is 11.8 Å². The van der Waals surface area contributed by atoms with Crippen LogP contribution in [0, 0.1) is 6.92 Å². The van der Waals surface area contributed by atoms with Crippen LogP contribution in [0.15, 0.2) is 16.8 Å². The van der Waals surface area contributed by atoms with Gasteiger partial charge in [-0.05, 0) is 25.8 Å². The van der Waals surface area contributed by atoms with Crippen molar-refractivity contribution in [1.29, 1.82) is 0 Å². The molecule has 3 rings (SSSR count). The summed E-state index contributed by atoms with van der Waals surface area (Å²) in [4.78, 5) is 18.4. The molecule has 0 bridgehead atoms. The maximum Gasteiger partial charge on any atom is 0.252 e. The lowest BCUT2D eigenvalue weighted by Gasteiger charge is -2.32. The van der Waals surface area contributed by atoms with Crippen LogP contribution in [-0.4, -0.2) is 63.6 Å². The molecule has 0 aromatic carbocycles. The van der Waals surface area contributed by atoms with Crippen molar-refractivity contribution >= 4 is 5.91 Å². The van der Waals surface area contributed by atoms with Crippen LogP contribution in [0.4, 0.5) is 0 Å². The van der Waals surface area contributed by atoms with Gasteiger partial charge in [-0.2, -0.15) is 10.1 Å². The third kappa shape index (κ3) is 5.12. The first kappa shape index (κ1) is 18.5. The molecule has 2 aromatic heterocycles. The average Bonchev–Trinajstić information content (AvgIpc) is 3.25. The molecular formula is C17H25N5O4. The van der Waals surface area contributed by atoms with E-state index in [1.807, 2.05) is 24.1 Å². The molecular weight excluding hydrogens is 338 g/mol. The van der Waals surface area contributed by atoms with Gasteiger partial charge in [0.05, 0.1) is 18.4 Å². The first-order valence-electron chi connectivity index (χ1n) is 8.84. The lowest BCUT2D eigenvalue weighted by molar-refractivity contribution is -0.134. The number of aryl methyl sites for hydroxylation is 1. The lowest BCUT2D eigenvalue weighted by Crippen LogP contribution is -2.42. The SMILES string of the molecule is COCc1nc(CCOC2CCN(C(=O)Cn3ccc(C)n3)CC2)no1. The molecule has 1 aliphatic heterocycles. The molecule has 0 atom stereocenters. The predicted octanol–water partition coefficient (Wildman–Crippen LogP) is 0.971. The molecule has 0 radical (unpaired) electrons. The Morgan fingerprint density at radius 1 is 1.38 bits per heavy atom. The van der Waals surface area contributed by atoms with E-state index in [2.05, 4.69) is 15.2 Å². The van der Waals surface area contributed by atoms with Crippen LogP contribution in [-0.2, 0) is 33.8 Å². The molecule has 1 saturated heterocycles. The van der Waals surface area contributed by atoms with Gasteiger partial charge in [0.25, 0.3) is 5.89 Å². The number of amides is 1. The average molecular weight is 363 g/mol. The van der Waals surface area contributed by atoms with E-state index in [0.717, 1.165) is 18.5 Å². The van der Waals surface area contributed by atoms with E-state index in [-0.39, 0.29) is 12.0 Å². The van der Waals surface area contributed by atoms with Gasteiger partial charge in [0.2, 0.25) is 5.91 Å². The maximum absolute atomic E-state index is 12.3. The third-order valence-corrected chi connectivity index (χ3v) is 4.32. The fraction of sp³-hybridized carbons (Fsp3) is 0.647. The summed E-state index contributed by atoms with van der Waals surface area (Å²) >= 11 is 0. The largest absolute Gasteiger partial charge is 0.378 e. The molecule has 9 heteroatoms. The molecule has 1 fully saturated rings. The van der Waals surface area contributed by atoms with Gasteiger partial charge in [-0.1, -0.05) is 5.16 Å². The number of hydrogen-bond donors (Lipinski definition) is 0. The van der Waals surface area contributed by atoms with Crippen molar-refractivity contribution in [3.8, 4) is 0 Å². The Balaban J connectivity index is 1.34. The number of likely N-dealkylation sites (tertiary alicyclic amines) is 1. The summed E-state index contributed by atoms with van der Waals surface area (Å²) in [6.07, 6.45) is 4.27. The van der Waals surface area contributed by atoms with Crippen molar-refractivity contribution in [3.63, 3.8) is 0 Å². The van der Waals surface area contributed by atoms with E-state index in [4.69, 9.17) is 14.0 Å². The standard InChI is InChI=1S/C17H25N5O4/c1-13-3-9-22(19-13)11-17(23)21-7-4-14(5-8-21)25-10-6-15-18-16(12-24-2)26-20-15/h3,9,14H,4-8,10-12H2,1-2H3. The molecule has 1 amide bonds. The highest BCUT2D eigenvalue weighted by atomic mass is 16.5. The number of aromatic nitrogens is 4.